The van der Waals surface area contributed by atoms with Crippen LogP contribution >= 0.6 is 11.8 Å². The molecule has 5 heteroatoms. The average molecular weight is 248 g/mol. The summed E-state index contributed by atoms with van der Waals surface area (Å²) in [4.78, 5) is 11.1. The van der Waals surface area contributed by atoms with Gasteiger partial charge in [0.15, 0.2) is 6.20 Å². The minimum atomic E-state index is -0.165. The second-order valence-corrected chi connectivity index (χ2v) is 3.74. The van der Waals surface area contributed by atoms with E-state index in [1.807, 2.05) is 42.9 Å². The van der Waals surface area contributed by atoms with Crippen molar-refractivity contribution in [3.63, 3.8) is 0 Å². The van der Waals surface area contributed by atoms with Crippen LogP contribution in [0.3, 0.4) is 0 Å². The number of nitrogens with zero attached hydrogens (tertiary/aromatic N) is 1. The van der Waals surface area contributed by atoms with Gasteiger partial charge in [-0.2, -0.15) is 4.57 Å². The van der Waals surface area contributed by atoms with Gasteiger partial charge in [0, 0.05) is 12.1 Å². The second-order valence-electron chi connectivity index (χ2n) is 2.74. The van der Waals surface area contributed by atoms with Crippen LogP contribution in [0.5, 0.6) is 0 Å². The quantitative estimate of drug-likeness (QED) is 0.356. The van der Waals surface area contributed by atoms with Crippen molar-refractivity contribution in [3.8, 4) is 0 Å². The fraction of sp³-hybridized carbons (Fsp3) is 0.400. The zero-order valence-electron chi connectivity index (χ0n) is 8.77. The monoisotopic (exact) mass is 247 g/mol. The highest BCUT2D eigenvalue weighted by Gasteiger charge is 2.09. The maximum atomic E-state index is 11.1. The number of pyridine rings is 1. The first-order chi connectivity index (χ1) is 6.74. The molecule has 0 aliphatic carbocycles. The van der Waals surface area contributed by atoms with Gasteiger partial charge < -0.3 is 17.1 Å². The Morgan fingerprint density at radius 1 is 1.53 bits per heavy atom. The van der Waals surface area contributed by atoms with Gasteiger partial charge in [0.1, 0.15) is 12.8 Å². The number of aryl methyl sites for hydroxylation is 1. The Balaban J connectivity index is 0.00000196. The van der Waals surface area contributed by atoms with E-state index in [-0.39, 0.29) is 18.4 Å². The highest BCUT2D eigenvalue weighted by atomic mass is 35.5. The molecular formula is C10H14ClNO2S. The van der Waals surface area contributed by atoms with Crippen LogP contribution in [0.1, 0.15) is 6.92 Å². The van der Waals surface area contributed by atoms with E-state index < -0.39 is 0 Å². The molecule has 0 unspecified atom stereocenters. The first kappa shape index (κ1) is 14.3. The molecule has 0 amide bonds. The molecule has 0 N–H and O–H groups in total. The largest absolute Gasteiger partial charge is 1.00 e. The third kappa shape index (κ3) is 5.04. The summed E-state index contributed by atoms with van der Waals surface area (Å²) in [5, 5.41) is 1.06. The SMILES string of the molecule is CCOC(=O)CSc1cccc[n+]1C.[Cl-]. The molecule has 0 atom stereocenters. The molecule has 15 heavy (non-hydrogen) atoms. The van der Waals surface area contributed by atoms with Crippen LogP contribution in [0.15, 0.2) is 29.4 Å². The van der Waals surface area contributed by atoms with Crippen LogP contribution in [0.2, 0.25) is 0 Å². The van der Waals surface area contributed by atoms with Gasteiger partial charge in [-0.15, -0.1) is 0 Å². The van der Waals surface area contributed by atoms with Crippen LogP contribution in [0.25, 0.3) is 0 Å². The Morgan fingerprint density at radius 2 is 2.27 bits per heavy atom. The van der Waals surface area contributed by atoms with Crippen molar-refractivity contribution in [3.05, 3.63) is 24.4 Å². The number of carbonyl (C=O) groups excluding carboxylic acids is 1. The Hall–Kier alpha value is -0.740. The molecule has 0 radical (unpaired) electrons. The van der Waals surface area contributed by atoms with Gasteiger partial charge in [0.05, 0.1) is 6.61 Å². The lowest BCUT2D eigenvalue weighted by Crippen LogP contribution is -3.00. The number of carbonyl (C=O) groups is 1. The number of esters is 1. The number of halogens is 1. The molecule has 0 aliphatic heterocycles. The minimum absolute atomic E-state index is 0. The second kappa shape index (κ2) is 7.54. The molecular weight excluding hydrogens is 234 g/mol. The third-order valence-electron chi connectivity index (χ3n) is 1.65. The highest BCUT2D eigenvalue weighted by molar-refractivity contribution is 7.99. The first-order valence-corrected chi connectivity index (χ1v) is 5.45. The topological polar surface area (TPSA) is 30.2 Å². The summed E-state index contributed by atoms with van der Waals surface area (Å²) >= 11 is 1.48. The molecule has 1 aromatic rings. The van der Waals surface area contributed by atoms with E-state index in [2.05, 4.69) is 0 Å². The normalized spacial score (nSPS) is 9.20. The fourth-order valence-corrected chi connectivity index (χ4v) is 1.78. The number of rotatable bonds is 4. The lowest BCUT2D eigenvalue weighted by atomic mass is 10.5. The van der Waals surface area contributed by atoms with Crippen molar-refractivity contribution >= 4 is 17.7 Å². The number of aromatic nitrogens is 1. The summed E-state index contributed by atoms with van der Waals surface area (Å²) in [5.74, 6) is 0.201. The minimum Gasteiger partial charge on any atom is -1.00 e. The number of thioether (sulfide) groups is 1. The average Bonchev–Trinajstić information content (AvgIpc) is 2.17. The Kier molecular flexibility index (Phi) is 7.17. The molecule has 0 bridgehead atoms. The van der Waals surface area contributed by atoms with E-state index in [1.54, 1.807) is 0 Å². The Labute approximate surface area is 100 Å². The molecule has 0 aromatic carbocycles. The standard InChI is InChI=1S/C10H14NO2S.ClH/c1-3-13-10(12)8-14-9-6-4-5-7-11(9)2;/h4-7H,3,8H2,1-2H3;1H/q+1;/p-1. The van der Waals surface area contributed by atoms with E-state index in [1.165, 1.54) is 11.8 Å². The fourth-order valence-electron chi connectivity index (χ4n) is 0.993. The van der Waals surface area contributed by atoms with Gasteiger partial charge in [0.2, 0.25) is 5.03 Å². The van der Waals surface area contributed by atoms with Crippen molar-refractivity contribution < 1.29 is 26.5 Å². The van der Waals surface area contributed by atoms with Crippen LogP contribution in [-0.2, 0) is 16.6 Å². The molecule has 0 fully saturated rings. The van der Waals surface area contributed by atoms with Gasteiger partial charge in [-0.05, 0) is 24.8 Å². The maximum Gasteiger partial charge on any atom is 0.316 e. The zero-order valence-corrected chi connectivity index (χ0v) is 10.3. The highest BCUT2D eigenvalue weighted by Crippen LogP contribution is 2.12. The molecule has 1 aromatic heterocycles. The van der Waals surface area contributed by atoms with Crippen molar-refractivity contribution in [2.45, 2.75) is 11.9 Å². The number of ether oxygens (including phenoxy) is 1. The molecule has 0 saturated carbocycles. The first-order valence-electron chi connectivity index (χ1n) is 4.47. The summed E-state index contributed by atoms with van der Waals surface area (Å²) < 4.78 is 6.81. The molecule has 0 saturated heterocycles. The zero-order chi connectivity index (χ0) is 10.4. The van der Waals surface area contributed by atoms with E-state index >= 15 is 0 Å². The molecule has 3 nitrogen and oxygen atoms in total. The predicted octanol–water partition coefficient (Wildman–Crippen LogP) is -1.83. The van der Waals surface area contributed by atoms with Crippen molar-refractivity contribution in [1.82, 2.24) is 0 Å². The summed E-state index contributed by atoms with van der Waals surface area (Å²) in [6.45, 7) is 2.26. The van der Waals surface area contributed by atoms with Crippen LogP contribution in [-0.4, -0.2) is 18.3 Å². The van der Waals surface area contributed by atoms with Gasteiger partial charge >= 0.3 is 5.97 Å². The van der Waals surface area contributed by atoms with E-state index in [9.17, 15) is 4.79 Å². The smallest absolute Gasteiger partial charge is 0.316 e. The maximum absolute atomic E-state index is 11.1. The summed E-state index contributed by atoms with van der Waals surface area (Å²) in [7, 11) is 1.95. The summed E-state index contributed by atoms with van der Waals surface area (Å²) in [6.07, 6.45) is 1.95. The Morgan fingerprint density at radius 3 is 2.87 bits per heavy atom. The molecule has 1 rings (SSSR count). The number of hydrogen-bond acceptors (Lipinski definition) is 3. The molecule has 1 heterocycles. The summed E-state index contributed by atoms with van der Waals surface area (Å²) in [6, 6.07) is 5.88. The molecule has 0 spiro atoms. The van der Waals surface area contributed by atoms with E-state index in [0.29, 0.717) is 12.4 Å². The van der Waals surface area contributed by atoms with Crippen LogP contribution < -0.4 is 17.0 Å². The molecule has 84 valence electrons. The summed E-state index contributed by atoms with van der Waals surface area (Å²) in [5.41, 5.74) is 0. The van der Waals surface area contributed by atoms with Crippen LogP contribution in [0.4, 0.5) is 0 Å². The van der Waals surface area contributed by atoms with Crippen molar-refractivity contribution in [1.29, 1.82) is 0 Å². The van der Waals surface area contributed by atoms with Crippen LogP contribution in [0, 0.1) is 0 Å². The third-order valence-corrected chi connectivity index (χ3v) is 2.75. The van der Waals surface area contributed by atoms with Crippen molar-refractivity contribution in [2.75, 3.05) is 12.4 Å². The van der Waals surface area contributed by atoms with E-state index in [0.717, 1.165) is 5.03 Å². The van der Waals surface area contributed by atoms with Gasteiger partial charge in [-0.25, -0.2) is 0 Å². The van der Waals surface area contributed by atoms with Crippen molar-refractivity contribution in [2.24, 2.45) is 7.05 Å². The van der Waals surface area contributed by atoms with E-state index in [4.69, 9.17) is 4.74 Å². The lowest BCUT2D eigenvalue weighted by Gasteiger charge is -2.00. The Bertz CT molecular complexity index is 320. The number of hydrogen-bond donors (Lipinski definition) is 0. The molecule has 0 aliphatic rings. The lowest BCUT2D eigenvalue weighted by molar-refractivity contribution is -0.708. The van der Waals surface area contributed by atoms with Gasteiger partial charge in [-0.1, -0.05) is 0 Å². The van der Waals surface area contributed by atoms with Gasteiger partial charge in [-0.3, -0.25) is 4.79 Å². The predicted molar refractivity (Wildman–Crippen MR) is 55.0 cm³/mol. The van der Waals surface area contributed by atoms with Gasteiger partial charge in [0.25, 0.3) is 0 Å².